The quantitative estimate of drug-likeness (QED) is 0.563. The summed E-state index contributed by atoms with van der Waals surface area (Å²) in [6.07, 6.45) is 2.14. The molecule has 0 aliphatic carbocycles. The highest BCUT2D eigenvalue weighted by molar-refractivity contribution is 9.11. The third-order valence-electron chi connectivity index (χ3n) is 3.70. The van der Waals surface area contributed by atoms with Gasteiger partial charge in [0.2, 0.25) is 0 Å². The first kappa shape index (κ1) is 17.8. The number of halogens is 3. The van der Waals surface area contributed by atoms with Gasteiger partial charge in [0.1, 0.15) is 5.82 Å². The van der Waals surface area contributed by atoms with E-state index in [9.17, 15) is 9.18 Å². The number of nitrogens with zero attached hydrogens (tertiary/aromatic N) is 2. The topological polar surface area (TPSA) is 46.9 Å². The van der Waals surface area contributed by atoms with Crippen molar-refractivity contribution in [2.45, 2.75) is 13.3 Å². The Labute approximate surface area is 161 Å². The van der Waals surface area contributed by atoms with Gasteiger partial charge in [0.25, 0.3) is 5.91 Å². The zero-order valence-electron chi connectivity index (χ0n) is 13.3. The van der Waals surface area contributed by atoms with Gasteiger partial charge in [0.05, 0.1) is 28.8 Å². The Morgan fingerprint density at radius 3 is 2.60 bits per heavy atom. The molecule has 3 rings (SSSR count). The molecular formula is C18H14Br2FN3O. The zero-order chi connectivity index (χ0) is 18.0. The maximum atomic E-state index is 13.1. The van der Waals surface area contributed by atoms with Crippen LogP contribution in [-0.4, -0.2) is 15.7 Å². The predicted octanol–water partition coefficient (Wildman–Crippen LogP) is 5.35. The minimum absolute atomic E-state index is 0.246. The van der Waals surface area contributed by atoms with E-state index in [0.717, 1.165) is 14.6 Å². The summed E-state index contributed by atoms with van der Waals surface area (Å²) < 4.78 is 16.4. The van der Waals surface area contributed by atoms with E-state index in [4.69, 9.17) is 0 Å². The summed E-state index contributed by atoms with van der Waals surface area (Å²) in [6, 6.07) is 11.6. The highest BCUT2D eigenvalue weighted by Crippen LogP contribution is 2.27. The van der Waals surface area contributed by atoms with Crippen molar-refractivity contribution >= 4 is 43.5 Å². The monoisotopic (exact) mass is 465 g/mol. The Hall–Kier alpha value is -1.99. The fraction of sp³-hybridized carbons (Fsp3) is 0.111. The summed E-state index contributed by atoms with van der Waals surface area (Å²) >= 11 is 6.82. The molecule has 0 fully saturated rings. The molecule has 1 aromatic heterocycles. The van der Waals surface area contributed by atoms with Gasteiger partial charge in [0, 0.05) is 8.95 Å². The summed E-state index contributed by atoms with van der Waals surface area (Å²) in [5.41, 5.74) is 2.62. The zero-order valence-corrected chi connectivity index (χ0v) is 16.4. The molecule has 25 heavy (non-hydrogen) atoms. The average Bonchev–Trinajstić information content (AvgIpc) is 3.03. The molecule has 0 atom stereocenters. The normalized spacial score (nSPS) is 10.7. The molecule has 128 valence electrons. The average molecular weight is 467 g/mol. The van der Waals surface area contributed by atoms with Crippen LogP contribution in [-0.2, 0) is 6.42 Å². The van der Waals surface area contributed by atoms with Crippen LogP contribution in [0.25, 0.3) is 5.69 Å². The lowest BCUT2D eigenvalue weighted by atomic mass is 10.2. The number of amides is 1. The molecular weight excluding hydrogens is 453 g/mol. The summed E-state index contributed by atoms with van der Waals surface area (Å²) in [5, 5.41) is 7.19. The number of anilines is 1. The number of carbonyl (C=O) groups excluding carboxylic acids is 1. The van der Waals surface area contributed by atoms with Crippen molar-refractivity contribution in [3.63, 3.8) is 0 Å². The van der Waals surface area contributed by atoms with Gasteiger partial charge in [-0.25, -0.2) is 9.07 Å². The Balaban J connectivity index is 1.93. The predicted molar refractivity (Wildman–Crippen MR) is 103 cm³/mol. The van der Waals surface area contributed by atoms with Crippen molar-refractivity contribution in [1.29, 1.82) is 0 Å². The molecule has 1 N–H and O–H groups in total. The molecule has 0 radical (unpaired) electrons. The Bertz CT molecular complexity index is 923. The standard InChI is InChI=1S/C18H14Br2FN3O/c1-2-17-14(10-22-24(17)13-6-4-12(21)5-7-13)18(25)23-16-9-11(19)3-8-15(16)20/h3-10H,2H2,1H3,(H,23,25). The summed E-state index contributed by atoms with van der Waals surface area (Å²) in [4.78, 5) is 12.7. The molecule has 0 unspecified atom stereocenters. The second-order valence-corrected chi connectivity index (χ2v) is 7.10. The second kappa shape index (κ2) is 7.49. The first-order valence-electron chi connectivity index (χ1n) is 7.59. The SMILES string of the molecule is CCc1c(C(=O)Nc2cc(Br)ccc2Br)cnn1-c1ccc(F)cc1. The first-order chi connectivity index (χ1) is 12.0. The number of hydrogen-bond acceptors (Lipinski definition) is 2. The van der Waals surface area contributed by atoms with E-state index in [1.54, 1.807) is 16.8 Å². The van der Waals surface area contributed by atoms with Crippen LogP contribution in [0.5, 0.6) is 0 Å². The van der Waals surface area contributed by atoms with Gasteiger partial charge in [-0.15, -0.1) is 0 Å². The minimum atomic E-state index is -0.313. The number of benzene rings is 2. The van der Waals surface area contributed by atoms with E-state index in [1.807, 2.05) is 25.1 Å². The van der Waals surface area contributed by atoms with Crippen LogP contribution in [0.1, 0.15) is 23.0 Å². The summed E-state index contributed by atoms with van der Waals surface area (Å²) in [5.74, 6) is -0.560. The Morgan fingerprint density at radius 1 is 1.20 bits per heavy atom. The van der Waals surface area contributed by atoms with Crippen LogP contribution in [0.2, 0.25) is 0 Å². The third kappa shape index (κ3) is 3.82. The molecule has 0 aliphatic rings. The van der Waals surface area contributed by atoms with Gasteiger partial charge in [0.15, 0.2) is 0 Å². The Kier molecular flexibility index (Phi) is 5.34. The molecule has 0 saturated heterocycles. The van der Waals surface area contributed by atoms with Gasteiger partial charge in [-0.3, -0.25) is 4.79 Å². The molecule has 1 amide bonds. The lowest BCUT2D eigenvalue weighted by molar-refractivity contribution is 0.102. The van der Waals surface area contributed by atoms with Gasteiger partial charge in [-0.05, 0) is 64.8 Å². The molecule has 2 aromatic carbocycles. The molecule has 0 aliphatic heterocycles. The number of rotatable bonds is 4. The van der Waals surface area contributed by atoms with E-state index in [0.29, 0.717) is 23.4 Å². The summed E-state index contributed by atoms with van der Waals surface area (Å²) in [6.45, 7) is 1.95. The van der Waals surface area contributed by atoms with Crippen LogP contribution in [0.3, 0.4) is 0 Å². The molecule has 0 saturated carbocycles. The lowest BCUT2D eigenvalue weighted by Gasteiger charge is -2.10. The van der Waals surface area contributed by atoms with E-state index in [2.05, 4.69) is 42.3 Å². The maximum absolute atomic E-state index is 13.1. The van der Waals surface area contributed by atoms with E-state index < -0.39 is 0 Å². The highest BCUT2D eigenvalue weighted by Gasteiger charge is 2.18. The highest BCUT2D eigenvalue weighted by atomic mass is 79.9. The fourth-order valence-corrected chi connectivity index (χ4v) is 3.20. The molecule has 0 bridgehead atoms. The molecule has 7 heteroatoms. The minimum Gasteiger partial charge on any atom is -0.321 e. The van der Waals surface area contributed by atoms with Crippen molar-refractivity contribution in [2.24, 2.45) is 0 Å². The van der Waals surface area contributed by atoms with Gasteiger partial charge >= 0.3 is 0 Å². The van der Waals surface area contributed by atoms with Gasteiger partial charge in [-0.1, -0.05) is 22.9 Å². The fourth-order valence-electron chi connectivity index (χ4n) is 2.49. The third-order valence-corrected chi connectivity index (χ3v) is 4.88. The largest absolute Gasteiger partial charge is 0.321 e. The van der Waals surface area contributed by atoms with Crippen molar-refractivity contribution in [3.05, 3.63) is 74.7 Å². The second-order valence-electron chi connectivity index (χ2n) is 5.33. The number of hydrogen-bond donors (Lipinski definition) is 1. The van der Waals surface area contributed by atoms with E-state index >= 15 is 0 Å². The maximum Gasteiger partial charge on any atom is 0.259 e. The van der Waals surface area contributed by atoms with Crippen molar-refractivity contribution < 1.29 is 9.18 Å². The van der Waals surface area contributed by atoms with Gasteiger partial charge in [-0.2, -0.15) is 5.10 Å². The molecule has 3 aromatic rings. The molecule has 0 spiro atoms. The van der Waals surface area contributed by atoms with Crippen molar-refractivity contribution in [1.82, 2.24) is 9.78 Å². The van der Waals surface area contributed by atoms with E-state index in [1.165, 1.54) is 18.3 Å². The number of aromatic nitrogens is 2. The molecule has 4 nitrogen and oxygen atoms in total. The van der Waals surface area contributed by atoms with Crippen LogP contribution < -0.4 is 5.32 Å². The Morgan fingerprint density at radius 2 is 1.92 bits per heavy atom. The van der Waals surface area contributed by atoms with Crippen molar-refractivity contribution in [3.8, 4) is 5.69 Å². The molecule has 1 heterocycles. The smallest absolute Gasteiger partial charge is 0.259 e. The summed E-state index contributed by atoms with van der Waals surface area (Å²) in [7, 11) is 0. The van der Waals surface area contributed by atoms with Gasteiger partial charge < -0.3 is 5.32 Å². The first-order valence-corrected chi connectivity index (χ1v) is 9.17. The number of carbonyl (C=O) groups is 1. The van der Waals surface area contributed by atoms with Crippen LogP contribution in [0.15, 0.2) is 57.6 Å². The lowest BCUT2D eigenvalue weighted by Crippen LogP contribution is -2.14. The van der Waals surface area contributed by atoms with Crippen LogP contribution in [0, 0.1) is 5.82 Å². The van der Waals surface area contributed by atoms with Crippen LogP contribution in [0.4, 0.5) is 10.1 Å². The van der Waals surface area contributed by atoms with E-state index in [-0.39, 0.29) is 11.7 Å². The van der Waals surface area contributed by atoms with Crippen molar-refractivity contribution in [2.75, 3.05) is 5.32 Å². The number of nitrogens with one attached hydrogen (secondary N) is 1. The van der Waals surface area contributed by atoms with Crippen LogP contribution >= 0.6 is 31.9 Å².